The Kier molecular flexibility index (Phi) is 5.29. The van der Waals surface area contributed by atoms with E-state index < -0.39 is 11.6 Å². The first kappa shape index (κ1) is 21.1. The van der Waals surface area contributed by atoms with Gasteiger partial charge in [-0.25, -0.2) is 13.9 Å². The summed E-state index contributed by atoms with van der Waals surface area (Å²) in [5.41, 5.74) is 0.0681. The monoisotopic (exact) mass is 469 g/mol. The Balaban J connectivity index is 1.52. The summed E-state index contributed by atoms with van der Waals surface area (Å²) in [5.74, 6) is 0.872. The minimum atomic E-state index is -0.528. The van der Waals surface area contributed by atoms with Gasteiger partial charge in [-0.05, 0) is 36.8 Å². The molecule has 0 atom stereocenters. The molecule has 0 fully saturated rings. The number of hydrogen-bond acceptors (Lipinski definition) is 6. The van der Waals surface area contributed by atoms with Gasteiger partial charge in [-0.3, -0.25) is 14.2 Å². The zero-order chi connectivity index (χ0) is 23.1. The summed E-state index contributed by atoms with van der Waals surface area (Å²) in [4.78, 5) is 38.9. The first-order valence-electron chi connectivity index (χ1n) is 10.5. The molecule has 170 valence electrons. The van der Waals surface area contributed by atoms with Crippen LogP contribution in [0.1, 0.15) is 13.3 Å². The second-order valence-corrected chi connectivity index (χ2v) is 8.04. The number of carbonyl (C=O) groups excluding carboxylic acids is 1. The Morgan fingerprint density at radius 3 is 2.70 bits per heavy atom. The molecule has 1 aliphatic heterocycles. The molecular weight excluding hydrogens is 450 g/mol. The van der Waals surface area contributed by atoms with E-state index >= 15 is 0 Å². The first-order valence-corrected chi connectivity index (χ1v) is 10.8. The highest BCUT2D eigenvalue weighted by molar-refractivity contribution is 6.31. The van der Waals surface area contributed by atoms with Gasteiger partial charge in [0.15, 0.2) is 11.5 Å². The maximum Gasteiger partial charge on any atom is 0.352 e. The molecule has 33 heavy (non-hydrogen) atoms. The number of rotatable bonds is 5. The molecule has 1 amide bonds. The van der Waals surface area contributed by atoms with E-state index in [1.807, 2.05) is 6.92 Å². The zero-order valence-electron chi connectivity index (χ0n) is 17.7. The zero-order valence-corrected chi connectivity index (χ0v) is 18.5. The van der Waals surface area contributed by atoms with E-state index in [1.165, 1.54) is 15.0 Å². The van der Waals surface area contributed by atoms with Crippen molar-refractivity contribution in [3.05, 3.63) is 62.3 Å². The van der Waals surface area contributed by atoms with Gasteiger partial charge in [-0.2, -0.15) is 0 Å². The quantitative estimate of drug-likeness (QED) is 0.480. The molecule has 0 saturated carbocycles. The van der Waals surface area contributed by atoms with E-state index in [0.717, 1.165) is 4.68 Å². The maximum atomic E-state index is 13.2. The average molecular weight is 470 g/mol. The number of amides is 1. The van der Waals surface area contributed by atoms with E-state index in [9.17, 15) is 14.4 Å². The third-order valence-electron chi connectivity index (χ3n) is 5.31. The van der Waals surface area contributed by atoms with Crippen LogP contribution in [0.25, 0.3) is 16.7 Å². The molecule has 10 nitrogen and oxygen atoms in total. The SMILES string of the molecule is CCCn1c(=O)c2cc(Cl)ccc2n2c(=O)n(CC(=O)Nc3ccc4c(c3)OCCO4)nc12. The second kappa shape index (κ2) is 8.28. The van der Waals surface area contributed by atoms with E-state index in [2.05, 4.69) is 10.4 Å². The maximum absolute atomic E-state index is 13.2. The number of halogens is 1. The van der Waals surface area contributed by atoms with Crippen LogP contribution in [0, 0.1) is 0 Å². The summed E-state index contributed by atoms with van der Waals surface area (Å²) in [6.07, 6.45) is 0.660. The van der Waals surface area contributed by atoms with Gasteiger partial charge in [-0.15, -0.1) is 5.10 Å². The van der Waals surface area contributed by atoms with E-state index in [-0.39, 0.29) is 17.9 Å². The van der Waals surface area contributed by atoms with Crippen molar-refractivity contribution in [2.45, 2.75) is 26.4 Å². The number of hydrogen-bond donors (Lipinski definition) is 1. The predicted molar refractivity (Wildman–Crippen MR) is 123 cm³/mol. The highest BCUT2D eigenvalue weighted by atomic mass is 35.5. The molecule has 1 N–H and O–H groups in total. The Labute approximate surface area is 191 Å². The largest absolute Gasteiger partial charge is 0.486 e. The van der Waals surface area contributed by atoms with Crippen molar-refractivity contribution in [1.29, 1.82) is 0 Å². The van der Waals surface area contributed by atoms with Crippen molar-refractivity contribution >= 4 is 39.9 Å². The number of fused-ring (bicyclic) bond motifs is 4. The molecule has 2 aromatic heterocycles. The van der Waals surface area contributed by atoms with Crippen molar-refractivity contribution in [3.63, 3.8) is 0 Å². The fourth-order valence-corrected chi connectivity index (χ4v) is 4.05. The average Bonchev–Trinajstić information content (AvgIpc) is 3.12. The van der Waals surface area contributed by atoms with Crippen molar-refractivity contribution in [2.24, 2.45) is 0 Å². The lowest BCUT2D eigenvalue weighted by molar-refractivity contribution is -0.117. The van der Waals surface area contributed by atoms with Gasteiger partial charge in [0.25, 0.3) is 5.56 Å². The highest BCUT2D eigenvalue weighted by Gasteiger charge is 2.19. The van der Waals surface area contributed by atoms with E-state index in [0.29, 0.717) is 59.3 Å². The molecule has 2 aromatic carbocycles. The molecule has 4 aromatic rings. The van der Waals surface area contributed by atoms with Crippen molar-refractivity contribution in [3.8, 4) is 11.5 Å². The summed E-state index contributed by atoms with van der Waals surface area (Å²) in [6.45, 7) is 2.86. The van der Waals surface area contributed by atoms with Gasteiger partial charge in [-0.1, -0.05) is 18.5 Å². The number of carbonyl (C=O) groups is 1. The summed E-state index contributed by atoms with van der Waals surface area (Å²) in [6, 6.07) is 9.80. The van der Waals surface area contributed by atoms with Crippen LogP contribution in [-0.4, -0.2) is 37.9 Å². The molecular formula is C22H20ClN5O5. The summed E-state index contributed by atoms with van der Waals surface area (Å²) < 4.78 is 14.8. The lowest BCUT2D eigenvalue weighted by Crippen LogP contribution is -2.29. The number of ether oxygens (including phenoxy) is 2. The first-order chi connectivity index (χ1) is 16.0. The van der Waals surface area contributed by atoms with Gasteiger partial charge in [0.2, 0.25) is 11.7 Å². The van der Waals surface area contributed by atoms with Crippen LogP contribution in [0.5, 0.6) is 11.5 Å². The van der Waals surface area contributed by atoms with Crippen LogP contribution < -0.4 is 26.0 Å². The Morgan fingerprint density at radius 2 is 1.91 bits per heavy atom. The number of aromatic nitrogens is 4. The summed E-state index contributed by atoms with van der Waals surface area (Å²) >= 11 is 6.08. The Morgan fingerprint density at radius 1 is 1.12 bits per heavy atom. The molecule has 0 spiro atoms. The molecule has 0 bridgehead atoms. The predicted octanol–water partition coefficient (Wildman–Crippen LogP) is 2.28. The minimum Gasteiger partial charge on any atom is -0.486 e. The van der Waals surface area contributed by atoms with Gasteiger partial charge >= 0.3 is 5.69 Å². The second-order valence-electron chi connectivity index (χ2n) is 7.60. The topological polar surface area (TPSA) is 109 Å². The number of nitrogens with one attached hydrogen (secondary N) is 1. The van der Waals surface area contributed by atoms with Crippen LogP contribution in [0.15, 0.2) is 46.0 Å². The van der Waals surface area contributed by atoms with E-state index in [4.69, 9.17) is 21.1 Å². The number of anilines is 1. The fourth-order valence-electron chi connectivity index (χ4n) is 3.88. The molecule has 5 rings (SSSR count). The van der Waals surface area contributed by atoms with Crippen molar-refractivity contribution < 1.29 is 14.3 Å². The standard InChI is InChI=1S/C22H20ClN5O5/c1-2-7-26-20(30)15-10-13(23)3-5-16(15)28-21(26)25-27(22(28)31)12-19(29)24-14-4-6-17-18(11-14)33-9-8-32-17/h3-6,10-11H,2,7-9,12H2,1H3,(H,24,29). The molecule has 0 radical (unpaired) electrons. The lowest BCUT2D eigenvalue weighted by atomic mass is 10.2. The Hall–Kier alpha value is -3.79. The Bertz CT molecular complexity index is 1520. The number of nitrogens with zero attached hydrogens (tertiary/aromatic N) is 4. The van der Waals surface area contributed by atoms with Gasteiger partial charge < -0.3 is 14.8 Å². The van der Waals surface area contributed by atoms with Crippen molar-refractivity contribution in [1.82, 2.24) is 18.7 Å². The molecule has 0 aliphatic carbocycles. The minimum absolute atomic E-state index is 0.175. The molecule has 1 aliphatic rings. The smallest absolute Gasteiger partial charge is 0.352 e. The molecule has 11 heteroatoms. The van der Waals surface area contributed by atoms with Crippen LogP contribution >= 0.6 is 11.6 Å². The molecule has 0 unspecified atom stereocenters. The summed E-state index contributed by atoms with van der Waals surface area (Å²) in [7, 11) is 0. The third kappa shape index (κ3) is 3.72. The molecule has 3 heterocycles. The van der Waals surface area contributed by atoms with Crippen LogP contribution in [-0.2, 0) is 17.9 Å². The summed E-state index contributed by atoms with van der Waals surface area (Å²) in [5, 5.41) is 7.75. The van der Waals surface area contributed by atoms with Crippen LogP contribution in [0.2, 0.25) is 5.02 Å². The van der Waals surface area contributed by atoms with Crippen LogP contribution in [0.4, 0.5) is 5.69 Å². The van der Waals surface area contributed by atoms with Crippen molar-refractivity contribution in [2.75, 3.05) is 18.5 Å². The third-order valence-corrected chi connectivity index (χ3v) is 5.54. The van der Waals surface area contributed by atoms with Gasteiger partial charge in [0.1, 0.15) is 19.8 Å². The normalized spacial score (nSPS) is 12.9. The molecule has 0 saturated heterocycles. The number of benzene rings is 2. The van der Waals surface area contributed by atoms with Crippen LogP contribution in [0.3, 0.4) is 0 Å². The van der Waals surface area contributed by atoms with Gasteiger partial charge in [0, 0.05) is 23.3 Å². The van der Waals surface area contributed by atoms with Gasteiger partial charge in [0.05, 0.1) is 10.9 Å². The number of aryl methyl sites for hydroxylation is 1. The van der Waals surface area contributed by atoms with E-state index in [1.54, 1.807) is 30.3 Å². The highest BCUT2D eigenvalue weighted by Crippen LogP contribution is 2.32. The fraction of sp³-hybridized carbons (Fsp3) is 0.273. The lowest BCUT2D eigenvalue weighted by Gasteiger charge is -2.18.